The van der Waals surface area contributed by atoms with Gasteiger partial charge >= 0.3 is 11.9 Å². The molecular weight excluding hydrogens is 365 g/mol. The van der Waals surface area contributed by atoms with Gasteiger partial charge in [-0.05, 0) is 17.7 Å². The maximum absolute atomic E-state index is 11.7. The molecule has 0 fully saturated rings. The third-order valence-electron chi connectivity index (χ3n) is 2.39. The molecule has 100 valence electrons. The van der Waals surface area contributed by atoms with Crippen LogP contribution in [0.25, 0.3) is 0 Å². The van der Waals surface area contributed by atoms with E-state index in [9.17, 15) is 9.59 Å². The van der Waals surface area contributed by atoms with Crippen LogP contribution in [-0.4, -0.2) is 45.9 Å². The van der Waals surface area contributed by atoms with E-state index in [1.165, 1.54) is 18.2 Å². The first-order valence-electron chi connectivity index (χ1n) is 5.58. The zero-order chi connectivity index (χ0) is 13.7. The van der Waals surface area contributed by atoms with Crippen LogP contribution >= 0.6 is 0 Å². The summed E-state index contributed by atoms with van der Waals surface area (Å²) in [5.41, 5.74) is 0.648. The van der Waals surface area contributed by atoms with Crippen LogP contribution in [0.1, 0.15) is 26.5 Å². The first-order valence-corrected chi connectivity index (χ1v) is 5.58. The van der Waals surface area contributed by atoms with Crippen LogP contribution in [0, 0.1) is 0 Å². The predicted octanol–water partition coefficient (Wildman–Crippen LogP) is 1.76. The van der Waals surface area contributed by atoms with Crippen molar-refractivity contribution in [1.29, 1.82) is 0 Å². The van der Waals surface area contributed by atoms with Crippen molar-refractivity contribution < 1.29 is 19.4 Å². The van der Waals surface area contributed by atoms with Crippen molar-refractivity contribution in [2.75, 3.05) is 0 Å². The number of ether oxygens (including phenoxy) is 1. The molecule has 4 radical (unpaired) electrons. The fourth-order valence-corrected chi connectivity index (χ4v) is 1.46. The Labute approximate surface area is 132 Å². The molecule has 0 aliphatic heterocycles. The smallest absolute Gasteiger partial charge is 0.357 e. The maximum Gasteiger partial charge on any atom is 0.357 e. The summed E-state index contributed by atoms with van der Waals surface area (Å²) in [6.07, 6.45) is 0. The fraction of sp³-hybridized carbons (Fsp3) is 0.0714. The molecule has 0 bridgehead atoms. The van der Waals surface area contributed by atoms with Gasteiger partial charge in [-0.15, -0.1) is 0 Å². The first kappa shape index (κ1) is 16.2. The van der Waals surface area contributed by atoms with Gasteiger partial charge < -0.3 is 9.84 Å². The van der Waals surface area contributed by atoms with Crippen molar-refractivity contribution in [3.63, 3.8) is 0 Å². The molecule has 0 amide bonds. The summed E-state index contributed by atoms with van der Waals surface area (Å²) in [5.74, 6) is -1.83. The third-order valence-corrected chi connectivity index (χ3v) is 2.39. The molecule has 1 aromatic carbocycles. The Kier molecular flexibility index (Phi) is 6.17. The van der Waals surface area contributed by atoms with Gasteiger partial charge in [-0.2, -0.15) is 0 Å². The number of esters is 1. The number of carbonyl (C=O) groups is 2. The molecule has 1 heterocycles. The minimum Gasteiger partial charge on any atom is -0.477 e. The Morgan fingerprint density at radius 2 is 1.65 bits per heavy atom. The molecule has 1 aromatic heterocycles. The van der Waals surface area contributed by atoms with Gasteiger partial charge in [0.15, 0.2) is 0 Å². The molecule has 0 aliphatic rings. The van der Waals surface area contributed by atoms with Crippen molar-refractivity contribution in [1.82, 2.24) is 4.98 Å². The van der Waals surface area contributed by atoms with E-state index in [-0.39, 0.29) is 41.9 Å². The number of carboxylic acids is 1. The van der Waals surface area contributed by atoms with Gasteiger partial charge in [0.25, 0.3) is 0 Å². The van der Waals surface area contributed by atoms with Crippen molar-refractivity contribution in [3.05, 3.63) is 65.5 Å². The number of carboxylic acid groups (broad SMARTS) is 1. The van der Waals surface area contributed by atoms with Gasteiger partial charge in [-0.25, -0.2) is 14.6 Å². The second kappa shape index (κ2) is 7.64. The molecule has 2 aromatic rings. The zero-order valence-corrected chi connectivity index (χ0v) is 13.3. The number of rotatable bonds is 4. The number of aromatic nitrogens is 1. The molecule has 2 rings (SSSR count). The van der Waals surface area contributed by atoms with E-state index >= 15 is 0 Å². The molecule has 0 aliphatic carbocycles. The number of pyridine rings is 1. The van der Waals surface area contributed by atoms with Crippen molar-refractivity contribution in [2.45, 2.75) is 6.61 Å². The van der Waals surface area contributed by atoms with Crippen LogP contribution in [0.15, 0.2) is 48.5 Å². The summed E-state index contributed by atoms with van der Waals surface area (Å²) >= 11 is 0. The van der Waals surface area contributed by atoms with Gasteiger partial charge in [-0.1, -0.05) is 36.4 Å². The minimum absolute atomic E-state index is 0. The molecule has 1 N–H and O–H groups in total. The molecule has 0 spiro atoms. The minimum atomic E-state index is -1.18. The Morgan fingerprint density at radius 1 is 1.00 bits per heavy atom. The van der Waals surface area contributed by atoms with E-state index in [2.05, 4.69) is 4.98 Å². The summed E-state index contributed by atoms with van der Waals surface area (Å²) in [6.45, 7) is 0.124. The van der Waals surface area contributed by atoms with E-state index in [0.717, 1.165) is 5.56 Å². The van der Waals surface area contributed by atoms with E-state index in [0.29, 0.717) is 0 Å². The number of hydrogen-bond donors (Lipinski definition) is 1. The molecule has 0 saturated carbocycles. The van der Waals surface area contributed by atoms with Gasteiger partial charge in [-0.3, -0.25) is 0 Å². The number of carbonyl (C=O) groups excluding carboxylic acids is 1. The summed E-state index contributed by atoms with van der Waals surface area (Å²) in [4.78, 5) is 26.2. The predicted molar refractivity (Wildman–Crippen MR) is 72.5 cm³/mol. The van der Waals surface area contributed by atoms with Crippen LogP contribution in [0.2, 0.25) is 0 Å². The van der Waals surface area contributed by atoms with Gasteiger partial charge in [0, 0.05) is 23.9 Å². The van der Waals surface area contributed by atoms with Gasteiger partial charge in [0.1, 0.15) is 18.0 Å². The number of benzene rings is 1. The number of aromatic carboxylic acids is 1. The maximum atomic E-state index is 11.7. The first-order chi connectivity index (χ1) is 9.16. The van der Waals surface area contributed by atoms with E-state index < -0.39 is 11.9 Å². The van der Waals surface area contributed by atoms with Crippen LogP contribution < -0.4 is 0 Å². The average Bonchev–Trinajstić information content (AvgIpc) is 2.46. The number of hydrogen-bond acceptors (Lipinski definition) is 4. The van der Waals surface area contributed by atoms with Crippen LogP contribution in [-0.2, 0) is 11.3 Å². The second-order valence-corrected chi connectivity index (χ2v) is 3.77. The van der Waals surface area contributed by atoms with Crippen molar-refractivity contribution >= 4 is 35.8 Å². The SMILES string of the molecule is O=C(O)c1cccc(C(=O)OCc2ccccc2)n1.[Sn]. The molecule has 0 atom stereocenters. The molecular formula is C14H11NO4Sn. The van der Waals surface area contributed by atoms with Crippen LogP contribution in [0.4, 0.5) is 0 Å². The monoisotopic (exact) mass is 377 g/mol. The van der Waals surface area contributed by atoms with E-state index in [1.807, 2.05) is 30.3 Å². The van der Waals surface area contributed by atoms with Crippen molar-refractivity contribution in [2.24, 2.45) is 0 Å². The normalized spacial score (nSPS) is 9.40. The Balaban J connectivity index is 0.00000200. The fourth-order valence-electron chi connectivity index (χ4n) is 1.46. The Bertz CT molecular complexity index is 601. The molecule has 5 nitrogen and oxygen atoms in total. The Morgan fingerprint density at radius 3 is 2.30 bits per heavy atom. The average molecular weight is 376 g/mol. The third kappa shape index (κ3) is 4.34. The Hall–Kier alpha value is -1.89. The van der Waals surface area contributed by atoms with Gasteiger partial charge in [0.2, 0.25) is 0 Å². The summed E-state index contributed by atoms with van der Waals surface area (Å²) in [6, 6.07) is 13.4. The summed E-state index contributed by atoms with van der Waals surface area (Å²) in [7, 11) is 0. The number of nitrogens with zero attached hydrogens (tertiary/aromatic N) is 1. The van der Waals surface area contributed by atoms with Crippen LogP contribution in [0.3, 0.4) is 0 Å². The molecule has 0 unspecified atom stereocenters. The van der Waals surface area contributed by atoms with E-state index in [1.54, 1.807) is 0 Å². The summed E-state index contributed by atoms with van der Waals surface area (Å²) in [5, 5.41) is 8.78. The van der Waals surface area contributed by atoms with Crippen molar-refractivity contribution in [3.8, 4) is 0 Å². The van der Waals surface area contributed by atoms with Crippen LogP contribution in [0.5, 0.6) is 0 Å². The molecule has 20 heavy (non-hydrogen) atoms. The zero-order valence-electron chi connectivity index (χ0n) is 10.4. The van der Waals surface area contributed by atoms with Gasteiger partial charge in [0.05, 0.1) is 0 Å². The summed E-state index contributed by atoms with van der Waals surface area (Å²) < 4.78 is 5.05. The quantitative estimate of drug-likeness (QED) is 0.650. The standard InChI is InChI=1S/C14H11NO4.Sn/c16-13(17)11-7-4-8-12(15-11)14(18)19-9-10-5-2-1-3-6-10;/h1-8H,9H2,(H,16,17);. The molecule has 0 saturated heterocycles. The topological polar surface area (TPSA) is 76.5 Å². The molecule has 6 heteroatoms. The van der Waals surface area contributed by atoms with E-state index in [4.69, 9.17) is 9.84 Å². The largest absolute Gasteiger partial charge is 0.477 e. The second-order valence-electron chi connectivity index (χ2n) is 3.77.